The van der Waals surface area contributed by atoms with Crippen molar-refractivity contribution in [2.24, 2.45) is 0 Å². The first-order chi connectivity index (χ1) is 16.3. The number of aromatic nitrogens is 4. The molecule has 0 aliphatic rings. The van der Waals surface area contributed by atoms with Crippen LogP contribution in [-0.4, -0.2) is 25.4 Å². The normalized spacial score (nSPS) is 12.8. The molecule has 5 rings (SSSR count). The van der Waals surface area contributed by atoms with Crippen molar-refractivity contribution in [3.05, 3.63) is 93.6 Å². The summed E-state index contributed by atoms with van der Waals surface area (Å²) in [5.74, 6) is -1.54. The van der Waals surface area contributed by atoms with Gasteiger partial charge < -0.3 is 10.3 Å². The average molecular weight is 483 g/mol. The van der Waals surface area contributed by atoms with E-state index >= 15 is 0 Å². The Bertz CT molecular complexity index is 1560. The highest BCUT2D eigenvalue weighted by atomic mass is 32.1. The van der Waals surface area contributed by atoms with E-state index in [4.69, 9.17) is 0 Å². The number of carbonyl (C=O) groups is 1. The predicted molar refractivity (Wildman–Crippen MR) is 121 cm³/mol. The number of nitrogens with one attached hydrogen (secondary N) is 2. The van der Waals surface area contributed by atoms with Crippen molar-refractivity contribution in [1.82, 2.24) is 24.8 Å². The standard InChI is InChI=1S/C23H16F3N5O2S/c24-23(25,26)22-28-16-7-6-14(10-17(16)29-22)19(13-4-2-1-3-5-13)30-18(32)11-31-12-27-20-15(21(31)33)8-9-34-20/h1-10,12,19H,11H2,(H,28,29)(H,30,32)/t19-/m1/s1. The summed E-state index contributed by atoms with van der Waals surface area (Å²) < 4.78 is 40.4. The Morgan fingerprint density at radius 3 is 2.68 bits per heavy atom. The molecule has 0 unspecified atom stereocenters. The van der Waals surface area contributed by atoms with Gasteiger partial charge in [-0.15, -0.1) is 11.3 Å². The molecule has 0 saturated carbocycles. The molecule has 0 saturated heterocycles. The van der Waals surface area contributed by atoms with Gasteiger partial charge in [0.1, 0.15) is 11.4 Å². The summed E-state index contributed by atoms with van der Waals surface area (Å²) in [6.07, 6.45) is -3.27. The second-order valence-corrected chi connectivity index (χ2v) is 8.48. The molecule has 2 aromatic carbocycles. The second-order valence-electron chi connectivity index (χ2n) is 7.59. The van der Waals surface area contributed by atoms with Crippen LogP contribution in [0.2, 0.25) is 0 Å². The Morgan fingerprint density at radius 2 is 1.91 bits per heavy atom. The van der Waals surface area contributed by atoms with Crippen molar-refractivity contribution in [1.29, 1.82) is 0 Å². The molecule has 0 fully saturated rings. The van der Waals surface area contributed by atoms with Gasteiger partial charge in [0.25, 0.3) is 5.56 Å². The zero-order chi connectivity index (χ0) is 23.9. The lowest BCUT2D eigenvalue weighted by atomic mass is 9.98. The molecule has 1 amide bonds. The van der Waals surface area contributed by atoms with Crippen molar-refractivity contribution in [3.63, 3.8) is 0 Å². The number of carbonyl (C=O) groups excluding carboxylic acids is 1. The Labute approximate surface area is 193 Å². The van der Waals surface area contributed by atoms with Crippen LogP contribution in [0.5, 0.6) is 0 Å². The number of hydrogen-bond acceptors (Lipinski definition) is 5. The third-order valence-corrected chi connectivity index (χ3v) is 6.13. The van der Waals surface area contributed by atoms with Gasteiger partial charge in [0.15, 0.2) is 0 Å². The largest absolute Gasteiger partial charge is 0.449 e. The lowest BCUT2D eigenvalue weighted by Gasteiger charge is -2.20. The zero-order valence-electron chi connectivity index (χ0n) is 17.3. The summed E-state index contributed by atoms with van der Waals surface area (Å²) >= 11 is 1.33. The topological polar surface area (TPSA) is 92.7 Å². The minimum Gasteiger partial charge on any atom is -0.344 e. The fraction of sp³-hybridized carbons (Fsp3) is 0.130. The lowest BCUT2D eigenvalue weighted by molar-refractivity contribution is -0.144. The van der Waals surface area contributed by atoms with E-state index in [0.717, 1.165) is 5.56 Å². The van der Waals surface area contributed by atoms with E-state index in [9.17, 15) is 22.8 Å². The van der Waals surface area contributed by atoms with E-state index in [0.29, 0.717) is 15.8 Å². The number of thiophene rings is 1. The highest BCUT2D eigenvalue weighted by Crippen LogP contribution is 2.30. The van der Waals surface area contributed by atoms with Crippen LogP contribution < -0.4 is 10.9 Å². The summed E-state index contributed by atoms with van der Waals surface area (Å²) in [6, 6.07) is 14.6. The molecular formula is C23H16F3N5O2S. The van der Waals surface area contributed by atoms with E-state index in [1.807, 2.05) is 6.07 Å². The van der Waals surface area contributed by atoms with Crippen LogP contribution in [-0.2, 0) is 17.5 Å². The SMILES string of the molecule is O=C(Cn1cnc2sccc2c1=O)N[C@H](c1ccccc1)c1ccc2nc(C(F)(F)F)[nH]c2c1. The van der Waals surface area contributed by atoms with Gasteiger partial charge in [0, 0.05) is 0 Å². The Balaban J connectivity index is 1.47. The summed E-state index contributed by atoms with van der Waals surface area (Å²) in [5.41, 5.74) is 1.32. The molecule has 0 spiro atoms. The number of amides is 1. The Morgan fingerprint density at radius 1 is 1.12 bits per heavy atom. The number of benzene rings is 2. The lowest BCUT2D eigenvalue weighted by Crippen LogP contribution is -2.35. The summed E-state index contributed by atoms with van der Waals surface area (Å²) in [5, 5.41) is 5.08. The first-order valence-corrected chi connectivity index (χ1v) is 11.0. The third-order valence-electron chi connectivity index (χ3n) is 5.31. The van der Waals surface area contributed by atoms with Gasteiger partial charge >= 0.3 is 6.18 Å². The van der Waals surface area contributed by atoms with Crippen LogP contribution in [0, 0.1) is 0 Å². The van der Waals surface area contributed by atoms with Crippen LogP contribution in [0.25, 0.3) is 21.3 Å². The van der Waals surface area contributed by atoms with E-state index in [1.54, 1.807) is 41.8 Å². The van der Waals surface area contributed by atoms with Crippen molar-refractivity contribution in [2.45, 2.75) is 18.8 Å². The second kappa shape index (κ2) is 8.41. The van der Waals surface area contributed by atoms with E-state index in [2.05, 4.69) is 20.3 Å². The van der Waals surface area contributed by atoms with Crippen LogP contribution >= 0.6 is 11.3 Å². The molecule has 3 aromatic heterocycles. The summed E-state index contributed by atoms with van der Waals surface area (Å²) in [6.45, 7) is -0.258. The first kappa shape index (κ1) is 21.8. The Kier molecular flexibility index (Phi) is 5.40. The maximum absolute atomic E-state index is 13.1. The van der Waals surface area contributed by atoms with Crippen molar-refractivity contribution in [2.75, 3.05) is 0 Å². The molecule has 5 aromatic rings. The number of fused-ring (bicyclic) bond motifs is 2. The molecule has 7 nitrogen and oxygen atoms in total. The highest BCUT2D eigenvalue weighted by molar-refractivity contribution is 7.16. The summed E-state index contributed by atoms with van der Waals surface area (Å²) in [7, 11) is 0. The van der Waals surface area contributed by atoms with Gasteiger partial charge in [-0.05, 0) is 34.7 Å². The molecular weight excluding hydrogens is 467 g/mol. The molecule has 0 radical (unpaired) electrons. The fourth-order valence-corrected chi connectivity index (χ4v) is 4.44. The van der Waals surface area contributed by atoms with Crippen molar-refractivity contribution < 1.29 is 18.0 Å². The van der Waals surface area contributed by atoms with Crippen LogP contribution in [0.1, 0.15) is 23.0 Å². The highest BCUT2D eigenvalue weighted by Gasteiger charge is 2.34. The van der Waals surface area contributed by atoms with E-state index < -0.39 is 23.9 Å². The molecule has 0 aliphatic carbocycles. The monoisotopic (exact) mass is 483 g/mol. The molecule has 3 heterocycles. The first-order valence-electron chi connectivity index (χ1n) is 10.1. The minimum absolute atomic E-state index is 0.163. The third kappa shape index (κ3) is 4.17. The van der Waals surface area contributed by atoms with Crippen LogP contribution in [0.15, 0.2) is 71.1 Å². The van der Waals surface area contributed by atoms with Gasteiger partial charge in [0.2, 0.25) is 11.7 Å². The number of alkyl halides is 3. The average Bonchev–Trinajstić information content (AvgIpc) is 3.47. The number of nitrogens with zero attached hydrogens (tertiary/aromatic N) is 3. The number of hydrogen-bond donors (Lipinski definition) is 2. The number of halogens is 3. The quantitative estimate of drug-likeness (QED) is 0.391. The fourth-order valence-electron chi connectivity index (χ4n) is 3.71. The summed E-state index contributed by atoms with van der Waals surface area (Å²) in [4.78, 5) is 36.2. The number of H-pyrrole nitrogens is 1. The predicted octanol–water partition coefficient (Wildman–Crippen LogP) is 4.26. The van der Waals surface area contributed by atoms with Gasteiger partial charge in [-0.25, -0.2) is 9.97 Å². The van der Waals surface area contributed by atoms with E-state index in [1.165, 1.54) is 34.4 Å². The molecule has 0 aliphatic heterocycles. The van der Waals surface area contributed by atoms with Crippen LogP contribution in [0.4, 0.5) is 13.2 Å². The van der Waals surface area contributed by atoms with Gasteiger partial charge in [0.05, 0.1) is 28.8 Å². The van der Waals surface area contributed by atoms with Crippen molar-refractivity contribution >= 4 is 38.5 Å². The zero-order valence-corrected chi connectivity index (χ0v) is 18.2. The maximum Gasteiger partial charge on any atom is 0.449 e. The van der Waals surface area contributed by atoms with Gasteiger partial charge in [-0.3, -0.25) is 14.2 Å². The number of rotatable bonds is 5. The smallest absolute Gasteiger partial charge is 0.344 e. The maximum atomic E-state index is 13.1. The van der Waals surface area contributed by atoms with Gasteiger partial charge in [-0.1, -0.05) is 36.4 Å². The molecule has 11 heteroatoms. The van der Waals surface area contributed by atoms with Crippen molar-refractivity contribution in [3.8, 4) is 0 Å². The van der Waals surface area contributed by atoms with Gasteiger partial charge in [-0.2, -0.15) is 13.2 Å². The van der Waals surface area contributed by atoms with E-state index in [-0.39, 0.29) is 23.1 Å². The molecule has 1 atom stereocenters. The number of aromatic amines is 1. The minimum atomic E-state index is -4.60. The number of imidazole rings is 1. The molecule has 0 bridgehead atoms. The van der Waals surface area contributed by atoms with Crippen LogP contribution in [0.3, 0.4) is 0 Å². The Hall–Kier alpha value is -3.99. The molecule has 172 valence electrons. The molecule has 34 heavy (non-hydrogen) atoms. The molecule has 2 N–H and O–H groups in total.